The molecule has 0 spiro atoms. The molecule has 118 valence electrons. The standard InChI is InChI=1S/C11H3Cl6F2N3/c12-10(13,14)8-20-7(21-9(22-8)11(15,16)17)6-4(18)2-1-3-5(6)19/h1-3H. The highest BCUT2D eigenvalue weighted by molar-refractivity contribution is 6.67. The molecule has 0 radical (unpaired) electrons. The van der Waals surface area contributed by atoms with Crippen molar-refractivity contribution in [1.82, 2.24) is 15.0 Å². The normalized spacial score (nSPS) is 12.5. The molecule has 0 aliphatic heterocycles. The van der Waals surface area contributed by atoms with Gasteiger partial charge in [-0.2, -0.15) is 0 Å². The van der Waals surface area contributed by atoms with Gasteiger partial charge in [0.2, 0.25) is 7.59 Å². The summed E-state index contributed by atoms with van der Waals surface area (Å²) in [6.07, 6.45) is 0. The van der Waals surface area contributed by atoms with Gasteiger partial charge in [-0.25, -0.2) is 23.7 Å². The second-order valence-electron chi connectivity index (χ2n) is 3.90. The van der Waals surface area contributed by atoms with E-state index in [2.05, 4.69) is 15.0 Å². The fourth-order valence-corrected chi connectivity index (χ4v) is 1.96. The first-order valence-corrected chi connectivity index (χ1v) is 7.62. The molecule has 1 aromatic heterocycles. The molecule has 0 saturated carbocycles. The number of hydrogen-bond acceptors (Lipinski definition) is 3. The third-order valence-corrected chi connectivity index (χ3v) is 3.34. The molecule has 0 aliphatic carbocycles. The average Bonchev–Trinajstić information content (AvgIpc) is 2.36. The van der Waals surface area contributed by atoms with Crippen LogP contribution in [0.1, 0.15) is 11.6 Å². The highest BCUT2D eigenvalue weighted by Gasteiger charge is 2.34. The Hall–Kier alpha value is -0.170. The maximum atomic E-state index is 13.9. The monoisotopic (exact) mass is 425 g/mol. The van der Waals surface area contributed by atoms with E-state index in [1.54, 1.807) is 0 Å². The Morgan fingerprint density at radius 2 is 1.14 bits per heavy atom. The minimum Gasteiger partial charge on any atom is -0.209 e. The number of rotatable bonds is 1. The van der Waals surface area contributed by atoms with Gasteiger partial charge in [-0.15, -0.1) is 0 Å². The first-order valence-electron chi connectivity index (χ1n) is 5.35. The van der Waals surface area contributed by atoms with Crippen molar-refractivity contribution < 1.29 is 8.78 Å². The van der Waals surface area contributed by atoms with E-state index in [0.29, 0.717) is 0 Å². The van der Waals surface area contributed by atoms with E-state index in [0.717, 1.165) is 12.1 Å². The van der Waals surface area contributed by atoms with Crippen molar-refractivity contribution in [1.29, 1.82) is 0 Å². The Morgan fingerprint density at radius 1 is 0.727 bits per heavy atom. The van der Waals surface area contributed by atoms with E-state index in [1.807, 2.05) is 0 Å². The van der Waals surface area contributed by atoms with Gasteiger partial charge in [0.25, 0.3) is 0 Å². The first kappa shape index (κ1) is 18.2. The van der Waals surface area contributed by atoms with Gasteiger partial charge < -0.3 is 0 Å². The minimum absolute atomic E-state index is 0.438. The molecule has 22 heavy (non-hydrogen) atoms. The molecule has 0 unspecified atom stereocenters. The molecule has 0 aliphatic rings. The van der Waals surface area contributed by atoms with Crippen molar-refractivity contribution in [3.8, 4) is 11.4 Å². The SMILES string of the molecule is Fc1cccc(F)c1-c1nc(C(Cl)(Cl)Cl)nc(C(Cl)(Cl)Cl)n1. The highest BCUT2D eigenvalue weighted by atomic mass is 35.6. The maximum absolute atomic E-state index is 13.9. The van der Waals surface area contributed by atoms with Gasteiger partial charge in [0, 0.05) is 0 Å². The summed E-state index contributed by atoms with van der Waals surface area (Å²) in [6, 6.07) is 3.18. The summed E-state index contributed by atoms with van der Waals surface area (Å²) in [5.74, 6) is -3.21. The Morgan fingerprint density at radius 3 is 1.50 bits per heavy atom. The van der Waals surface area contributed by atoms with Crippen LogP contribution in [-0.2, 0) is 7.59 Å². The van der Waals surface area contributed by atoms with Crippen molar-refractivity contribution in [3.63, 3.8) is 0 Å². The molecule has 0 bridgehead atoms. The predicted molar refractivity (Wildman–Crippen MR) is 83.7 cm³/mol. The van der Waals surface area contributed by atoms with Crippen molar-refractivity contribution in [2.45, 2.75) is 7.59 Å². The van der Waals surface area contributed by atoms with Gasteiger partial charge in [0.1, 0.15) is 11.6 Å². The smallest absolute Gasteiger partial charge is 0.209 e. The number of alkyl halides is 6. The molecule has 0 fully saturated rings. The van der Waals surface area contributed by atoms with Gasteiger partial charge in [0.05, 0.1) is 5.56 Å². The van der Waals surface area contributed by atoms with Crippen LogP contribution in [0.2, 0.25) is 0 Å². The lowest BCUT2D eigenvalue weighted by Gasteiger charge is -2.16. The van der Waals surface area contributed by atoms with Crippen LogP contribution >= 0.6 is 69.6 Å². The van der Waals surface area contributed by atoms with E-state index in [4.69, 9.17) is 69.6 Å². The molecule has 0 saturated heterocycles. The Balaban J connectivity index is 2.76. The molecule has 1 heterocycles. The van der Waals surface area contributed by atoms with Crippen LogP contribution in [0.4, 0.5) is 8.78 Å². The molecule has 2 aromatic rings. The number of hydrogen-bond donors (Lipinski definition) is 0. The van der Waals surface area contributed by atoms with Crippen molar-refractivity contribution in [2.24, 2.45) is 0 Å². The van der Waals surface area contributed by atoms with Crippen molar-refractivity contribution >= 4 is 69.6 Å². The number of halogens is 8. The van der Waals surface area contributed by atoms with Crippen LogP contribution in [0.15, 0.2) is 18.2 Å². The highest BCUT2D eigenvalue weighted by Crippen LogP contribution is 2.41. The lowest BCUT2D eigenvalue weighted by molar-refractivity contribution is 0.586. The zero-order valence-corrected chi connectivity index (χ0v) is 14.6. The Bertz CT molecular complexity index is 661. The molecular formula is C11H3Cl6F2N3. The van der Waals surface area contributed by atoms with Crippen molar-refractivity contribution in [2.75, 3.05) is 0 Å². The summed E-state index contributed by atoms with van der Waals surface area (Å²) in [5.41, 5.74) is -0.559. The molecule has 0 N–H and O–H groups in total. The Kier molecular flexibility index (Phi) is 5.27. The quantitative estimate of drug-likeness (QED) is 0.566. The summed E-state index contributed by atoms with van der Waals surface area (Å²) in [7, 11) is 0. The summed E-state index contributed by atoms with van der Waals surface area (Å²) in [5, 5.41) is 0. The third kappa shape index (κ3) is 4.02. The lowest BCUT2D eigenvalue weighted by atomic mass is 10.2. The van der Waals surface area contributed by atoms with Gasteiger partial charge in [-0.1, -0.05) is 75.7 Å². The predicted octanol–water partition coefficient (Wildman–Crippen LogP) is 5.47. The summed E-state index contributed by atoms with van der Waals surface area (Å²) in [4.78, 5) is 11.2. The number of aromatic nitrogens is 3. The van der Waals surface area contributed by atoms with Crippen LogP contribution in [-0.4, -0.2) is 15.0 Å². The summed E-state index contributed by atoms with van der Waals surface area (Å²) in [6.45, 7) is 0. The van der Waals surface area contributed by atoms with E-state index < -0.39 is 42.3 Å². The fourth-order valence-electron chi connectivity index (χ4n) is 1.45. The first-order chi connectivity index (χ1) is 10.00. The van der Waals surface area contributed by atoms with Gasteiger partial charge in [-0.05, 0) is 12.1 Å². The molecule has 3 nitrogen and oxygen atoms in total. The van der Waals surface area contributed by atoms with Gasteiger partial charge in [-0.3, -0.25) is 0 Å². The summed E-state index contributed by atoms with van der Waals surface area (Å²) < 4.78 is 23.5. The summed E-state index contributed by atoms with van der Waals surface area (Å²) >= 11 is 34.1. The molecule has 0 amide bonds. The second kappa shape index (κ2) is 6.38. The minimum atomic E-state index is -2.11. The van der Waals surface area contributed by atoms with Crippen LogP contribution in [0.5, 0.6) is 0 Å². The van der Waals surface area contributed by atoms with E-state index >= 15 is 0 Å². The zero-order chi connectivity index (χ0) is 16.7. The van der Waals surface area contributed by atoms with Crippen LogP contribution < -0.4 is 0 Å². The second-order valence-corrected chi connectivity index (χ2v) is 8.46. The maximum Gasteiger partial charge on any atom is 0.250 e. The Labute approximate surface area is 153 Å². The molecule has 2 rings (SSSR count). The number of nitrogens with zero attached hydrogens (tertiary/aromatic N) is 3. The van der Waals surface area contributed by atoms with Crippen LogP contribution in [0.3, 0.4) is 0 Å². The van der Waals surface area contributed by atoms with Crippen LogP contribution in [0.25, 0.3) is 11.4 Å². The van der Waals surface area contributed by atoms with E-state index in [-0.39, 0.29) is 0 Å². The van der Waals surface area contributed by atoms with Crippen LogP contribution in [0, 0.1) is 11.6 Å². The van der Waals surface area contributed by atoms with Crippen molar-refractivity contribution in [3.05, 3.63) is 41.5 Å². The lowest BCUT2D eigenvalue weighted by Crippen LogP contribution is -2.17. The fraction of sp³-hybridized carbons (Fsp3) is 0.182. The van der Waals surface area contributed by atoms with Gasteiger partial charge >= 0.3 is 0 Å². The molecule has 0 atom stereocenters. The largest absolute Gasteiger partial charge is 0.250 e. The van der Waals surface area contributed by atoms with Gasteiger partial charge in [0.15, 0.2) is 17.5 Å². The number of benzene rings is 1. The molecule has 11 heteroatoms. The topological polar surface area (TPSA) is 38.7 Å². The van der Waals surface area contributed by atoms with E-state index in [1.165, 1.54) is 6.07 Å². The molecule has 1 aromatic carbocycles. The molecular weight excluding hydrogens is 425 g/mol. The third-order valence-electron chi connectivity index (χ3n) is 2.33. The zero-order valence-electron chi connectivity index (χ0n) is 10.1. The average molecular weight is 428 g/mol. The van der Waals surface area contributed by atoms with E-state index in [9.17, 15) is 8.78 Å².